The predicted molar refractivity (Wildman–Crippen MR) is 143 cm³/mol. The highest BCUT2D eigenvalue weighted by molar-refractivity contribution is 6.00. The Hall–Kier alpha value is -3.44. The normalized spacial score (nSPS) is 30.2. The molecule has 5 atom stereocenters. The van der Waals surface area contributed by atoms with Gasteiger partial charge in [-0.2, -0.15) is 9.61 Å². The first-order chi connectivity index (χ1) is 18.3. The van der Waals surface area contributed by atoms with E-state index in [0.717, 1.165) is 25.7 Å². The molecule has 3 aromatic heterocycles. The van der Waals surface area contributed by atoms with Crippen molar-refractivity contribution in [1.29, 1.82) is 0 Å². The standard InChI is InChI=1S/C27H35N7O4/c1-26(37-4)9-5-7-16(12-26)30-24(35)17-13-29-34-21(28-3)11-20(32-23(17)34)31-19-8-6-10-33(25(19)36)22-18-14-38-15-27(18,22)2/h6,8,10-11,13,16,18,22,28H,5,7,9,12,14-15H2,1-4H3,(H,30,35)(H,31,32)/t16-,18+,22+,26-,27?/m1/s1. The van der Waals surface area contributed by atoms with E-state index in [2.05, 4.69) is 34.9 Å². The minimum atomic E-state index is -0.238. The Balaban J connectivity index is 1.27. The fourth-order valence-electron chi connectivity index (χ4n) is 6.37. The Morgan fingerprint density at radius 2 is 2.16 bits per heavy atom. The van der Waals surface area contributed by atoms with E-state index >= 15 is 0 Å². The third-order valence-corrected chi connectivity index (χ3v) is 8.78. The lowest BCUT2D eigenvalue weighted by atomic mass is 9.83. The SMILES string of the molecule is CNc1cc(Nc2cccn([C@H]3[C@@H]4COCC34C)c2=O)nc2c(C(=O)N[C@@H]3CCC[C@@](C)(OC)C3)cnn12. The molecule has 2 saturated carbocycles. The van der Waals surface area contributed by atoms with E-state index in [-0.39, 0.29) is 34.6 Å². The van der Waals surface area contributed by atoms with Gasteiger partial charge >= 0.3 is 0 Å². The molecule has 2 aliphatic carbocycles. The van der Waals surface area contributed by atoms with Crippen LogP contribution in [0.4, 0.5) is 17.3 Å². The van der Waals surface area contributed by atoms with Crippen LogP contribution in [-0.4, -0.2) is 64.1 Å². The lowest BCUT2D eigenvalue weighted by Crippen LogP contribution is -2.45. The van der Waals surface area contributed by atoms with E-state index in [1.165, 1.54) is 6.20 Å². The Morgan fingerprint density at radius 3 is 2.89 bits per heavy atom. The number of carbonyl (C=O) groups is 1. The van der Waals surface area contributed by atoms with Crippen LogP contribution in [0.5, 0.6) is 0 Å². The second kappa shape index (κ2) is 9.09. The van der Waals surface area contributed by atoms with Crippen LogP contribution in [0.25, 0.3) is 5.65 Å². The van der Waals surface area contributed by atoms with Crippen molar-refractivity contribution in [1.82, 2.24) is 24.5 Å². The van der Waals surface area contributed by atoms with Gasteiger partial charge in [-0.05, 0) is 44.7 Å². The van der Waals surface area contributed by atoms with Crippen molar-refractivity contribution in [2.45, 2.75) is 57.2 Å². The zero-order chi connectivity index (χ0) is 26.7. The number of rotatable bonds is 7. The Bertz CT molecular complexity index is 1450. The average molecular weight is 522 g/mol. The highest BCUT2D eigenvalue weighted by Gasteiger charge is 2.66. The summed E-state index contributed by atoms with van der Waals surface area (Å²) in [7, 11) is 3.50. The van der Waals surface area contributed by atoms with Crippen LogP contribution < -0.4 is 21.5 Å². The van der Waals surface area contributed by atoms with Crippen molar-refractivity contribution in [3.63, 3.8) is 0 Å². The third-order valence-electron chi connectivity index (χ3n) is 8.78. The van der Waals surface area contributed by atoms with Gasteiger partial charge in [-0.3, -0.25) is 9.59 Å². The molecule has 1 amide bonds. The zero-order valence-corrected chi connectivity index (χ0v) is 22.3. The highest BCUT2D eigenvalue weighted by atomic mass is 16.5. The molecule has 3 N–H and O–H groups in total. The van der Waals surface area contributed by atoms with Gasteiger partial charge in [0.15, 0.2) is 5.65 Å². The molecular weight excluding hydrogens is 486 g/mol. The molecular formula is C27H35N7O4. The van der Waals surface area contributed by atoms with Crippen LogP contribution >= 0.6 is 0 Å². The van der Waals surface area contributed by atoms with E-state index in [4.69, 9.17) is 14.5 Å². The molecule has 0 aromatic carbocycles. The first kappa shape index (κ1) is 24.9. The van der Waals surface area contributed by atoms with Gasteiger partial charge in [-0.1, -0.05) is 6.92 Å². The molecule has 11 heteroatoms. The van der Waals surface area contributed by atoms with E-state index < -0.39 is 0 Å². The summed E-state index contributed by atoms with van der Waals surface area (Å²) in [6, 6.07) is 5.54. The van der Waals surface area contributed by atoms with E-state index in [9.17, 15) is 9.59 Å². The largest absolute Gasteiger partial charge is 0.380 e. The topological polar surface area (TPSA) is 124 Å². The van der Waals surface area contributed by atoms with Gasteiger partial charge in [0, 0.05) is 43.8 Å². The number of nitrogens with one attached hydrogen (secondary N) is 3. The molecule has 0 radical (unpaired) electrons. The highest BCUT2D eigenvalue weighted by Crippen LogP contribution is 2.64. The van der Waals surface area contributed by atoms with Crippen molar-refractivity contribution in [2.75, 3.05) is 38.0 Å². The summed E-state index contributed by atoms with van der Waals surface area (Å²) in [6.45, 7) is 5.62. The molecule has 3 fully saturated rings. The van der Waals surface area contributed by atoms with Crippen LogP contribution in [0.2, 0.25) is 0 Å². The third kappa shape index (κ3) is 4.04. The molecule has 1 aliphatic heterocycles. The monoisotopic (exact) mass is 521 g/mol. The maximum atomic E-state index is 13.4. The van der Waals surface area contributed by atoms with Gasteiger partial charge in [-0.15, -0.1) is 0 Å². The lowest BCUT2D eigenvalue weighted by molar-refractivity contribution is -0.0314. The summed E-state index contributed by atoms with van der Waals surface area (Å²) >= 11 is 0. The van der Waals surface area contributed by atoms with Crippen LogP contribution in [0, 0.1) is 11.3 Å². The smallest absolute Gasteiger partial charge is 0.274 e. The predicted octanol–water partition coefficient (Wildman–Crippen LogP) is 2.96. The van der Waals surface area contributed by atoms with Crippen LogP contribution in [0.1, 0.15) is 55.9 Å². The van der Waals surface area contributed by atoms with Crippen molar-refractivity contribution in [3.05, 3.63) is 46.5 Å². The molecule has 1 saturated heterocycles. The summed E-state index contributed by atoms with van der Waals surface area (Å²) in [6.07, 6.45) is 7.00. The fraction of sp³-hybridized carbons (Fsp3) is 0.556. The molecule has 0 spiro atoms. The number of hydrogen-bond donors (Lipinski definition) is 3. The van der Waals surface area contributed by atoms with Crippen molar-refractivity contribution in [3.8, 4) is 0 Å². The van der Waals surface area contributed by atoms with Gasteiger partial charge in [0.2, 0.25) is 0 Å². The summed E-state index contributed by atoms with van der Waals surface area (Å²) < 4.78 is 14.7. The maximum absolute atomic E-state index is 13.4. The quantitative estimate of drug-likeness (QED) is 0.434. The van der Waals surface area contributed by atoms with Gasteiger partial charge in [0.05, 0.1) is 31.1 Å². The number of ether oxygens (including phenoxy) is 2. The number of fused-ring (bicyclic) bond motifs is 2. The van der Waals surface area contributed by atoms with Crippen LogP contribution in [0.15, 0.2) is 35.4 Å². The number of methoxy groups -OCH3 is 1. The molecule has 6 rings (SSSR count). The average Bonchev–Trinajstić information content (AvgIpc) is 3.19. The summed E-state index contributed by atoms with van der Waals surface area (Å²) in [4.78, 5) is 31.4. The number of carbonyl (C=O) groups excluding carboxylic acids is 1. The van der Waals surface area contributed by atoms with Gasteiger partial charge in [0.1, 0.15) is 22.9 Å². The van der Waals surface area contributed by atoms with Crippen molar-refractivity contribution >= 4 is 28.9 Å². The number of hydrogen-bond acceptors (Lipinski definition) is 8. The number of anilines is 3. The maximum Gasteiger partial charge on any atom is 0.274 e. The van der Waals surface area contributed by atoms with E-state index in [1.807, 2.05) is 16.8 Å². The number of aromatic nitrogens is 4. The number of pyridine rings is 1. The van der Waals surface area contributed by atoms with E-state index in [1.54, 1.807) is 30.8 Å². The number of nitrogens with zero attached hydrogens (tertiary/aromatic N) is 4. The second-order valence-electron chi connectivity index (χ2n) is 11.3. The Labute approximate surface area is 220 Å². The van der Waals surface area contributed by atoms with Gasteiger partial charge in [-0.25, -0.2) is 4.98 Å². The fourth-order valence-corrected chi connectivity index (χ4v) is 6.37. The van der Waals surface area contributed by atoms with Gasteiger partial charge in [0.25, 0.3) is 11.5 Å². The molecule has 11 nitrogen and oxygen atoms in total. The van der Waals surface area contributed by atoms with E-state index in [0.29, 0.717) is 47.7 Å². The zero-order valence-electron chi connectivity index (χ0n) is 22.3. The van der Waals surface area contributed by atoms with Crippen molar-refractivity contribution < 1.29 is 14.3 Å². The molecule has 4 heterocycles. The minimum Gasteiger partial charge on any atom is -0.380 e. The lowest BCUT2D eigenvalue weighted by Gasteiger charge is -2.37. The molecule has 38 heavy (non-hydrogen) atoms. The first-order valence-corrected chi connectivity index (χ1v) is 13.2. The second-order valence-corrected chi connectivity index (χ2v) is 11.3. The molecule has 3 aromatic rings. The number of amides is 1. The Kier molecular flexibility index (Phi) is 5.95. The molecule has 0 bridgehead atoms. The van der Waals surface area contributed by atoms with Gasteiger partial charge < -0.3 is 30.0 Å². The summed E-state index contributed by atoms with van der Waals surface area (Å²) in [5.74, 6) is 1.22. The summed E-state index contributed by atoms with van der Waals surface area (Å²) in [5.41, 5.74) is 0.868. The van der Waals surface area contributed by atoms with Crippen LogP contribution in [0.3, 0.4) is 0 Å². The Morgan fingerprint density at radius 1 is 1.32 bits per heavy atom. The minimum absolute atomic E-state index is 0.0117. The van der Waals surface area contributed by atoms with Crippen LogP contribution in [-0.2, 0) is 9.47 Å². The summed E-state index contributed by atoms with van der Waals surface area (Å²) in [5, 5.41) is 13.9. The first-order valence-electron chi connectivity index (χ1n) is 13.2. The molecule has 202 valence electrons. The molecule has 3 aliphatic rings. The van der Waals surface area contributed by atoms with Crippen molar-refractivity contribution in [2.24, 2.45) is 11.3 Å². The molecule has 1 unspecified atom stereocenters.